The van der Waals surface area contributed by atoms with Crippen LogP contribution in [0.15, 0.2) is 53.9 Å². The van der Waals surface area contributed by atoms with Crippen molar-refractivity contribution in [2.24, 2.45) is 0 Å². The van der Waals surface area contributed by atoms with E-state index in [4.69, 9.17) is 16.3 Å². The average Bonchev–Trinajstić information content (AvgIpc) is 3.31. The summed E-state index contributed by atoms with van der Waals surface area (Å²) in [7, 11) is 0. The zero-order valence-electron chi connectivity index (χ0n) is 16.9. The Hall–Kier alpha value is -2.97. The molecule has 9 heteroatoms. The monoisotopic (exact) mass is 458 g/mol. The second kappa shape index (κ2) is 8.64. The Morgan fingerprint density at radius 1 is 1.23 bits per heavy atom. The van der Waals surface area contributed by atoms with Crippen LogP contribution in [0.4, 0.5) is 4.39 Å². The highest BCUT2D eigenvalue weighted by Crippen LogP contribution is 2.23. The number of aromatic nitrogens is 3. The molecule has 2 aromatic heterocycles. The van der Waals surface area contributed by atoms with Crippen molar-refractivity contribution in [2.45, 2.75) is 25.9 Å². The van der Waals surface area contributed by atoms with Crippen LogP contribution in [-0.4, -0.2) is 32.7 Å². The molecule has 0 fully saturated rings. The summed E-state index contributed by atoms with van der Waals surface area (Å²) in [6.07, 6.45) is 0.544. The molecule has 1 N–H and O–H groups in total. The number of thiazole rings is 1. The Bertz CT molecular complexity index is 1220. The SMILES string of the molecule is CC(C)(Oc1ccc(Cl)cc1)C(=O)NCCc1csc2nc(-c3ccccc3F)nn12. The lowest BCUT2D eigenvalue weighted by molar-refractivity contribution is -0.134. The molecule has 0 unspecified atom stereocenters. The molecule has 0 saturated carbocycles. The smallest absolute Gasteiger partial charge is 0.263 e. The first-order valence-electron chi connectivity index (χ1n) is 9.64. The number of halogens is 2. The summed E-state index contributed by atoms with van der Waals surface area (Å²) < 4.78 is 21.5. The second-order valence-corrected chi connectivity index (χ2v) is 8.68. The van der Waals surface area contributed by atoms with Gasteiger partial charge in [0.1, 0.15) is 11.6 Å². The maximum atomic E-state index is 14.0. The minimum atomic E-state index is -1.05. The van der Waals surface area contributed by atoms with Gasteiger partial charge in [-0.15, -0.1) is 16.4 Å². The molecular formula is C22H20ClFN4O2S. The summed E-state index contributed by atoms with van der Waals surface area (Å²) >= 11 is 7.31. The highest BCUT2D eigenvalue weighted by atomic mass is 35.5. The van der Waals surface area contributed by atoms with E-state index in [1.165, 1.54) is 17.4 Å². The van der Waals surface area contributed by atoms with Gasteiger partial charge >= 0.3 is 0 Å². The molecule has 0 aliphatic carbocycles. The minimum absolute atomic E-state index is 0.237. The van der Waals surface area contributed by atoms with Crippen LogP contribution >= 0.6 is 22.9 Å². The average molecular weight is 459 g/mol. The van der Waals surface area contributed by atoms with Gasteiger partial charge in [-0.05, 0) is 50.2 Å². The van der Waals surface area contributed by atoms with E-state index in [-0.39, 0.29) is 11.7 Å². The van der Waals surface area contributed by atoms with Gasteiger partial charge in [0.05, 0.1) is 11.3 Å². The number of benzene rings is 2. The van der Waals surface area contributed by atoms with E-state index < -0.39 is 5.60 Å². The molecule has 0 saturated heterocycles. The number of rotatable bonds is 7. The van der Waals surface area contributed by atoms with Crippen LogP contribution in [-0.2, 0) is 11.2 Å². The van der Waals surface area contributed by atoms with Gasteiger partial charge in [-0.1, -0.05) is 23.7 Å². The Balaban J connectivity index is 1.39. The maximum Gasteiger partial charge on any atom is 0.263 e. The summed E-state index contributed by atoms with van der Waals surface area (Å²) in [6.45, 7) is 3.81. The number of nitrogens with zero attached hydrogens (tertiary/aromatic N) is 3. The minimum Gasteiger partial charge on any atom is -0.478 e. The van der Waals surface area contributed by atoms with Crippen LogP contribution in [0.1, 0.15) is 19.5 Å². The van der Waals surface area contributed by atoms with Crippen molar-refractivity contribution >= 4 is 33.8 Å². The lowest BCUT2D eigenvalue weighted by Crippen LogP contribution is -2.47. The fraction of sp³-hybridized carbons (Fsp3) is 0.227. The van der Waals surface area contributed by atoms with Crippen molar-refractivity contribution in [1.29, 1.82) is 0 Å². The Morgan fingerprint density at radius 2 is 1.97 bits per heavy atom. The molecule has 0 spiro atoms. The normalized spacial score (nSPS) is 11.6. The van der Waals surface area contributed by atoms with Gasteiger partial charge in [-0.3, -0.25) is 4.79 Å². The van der Waals surface area contributed by atoms with E-state index in [1.807, 2.05) is 5.38 Å². The molecule has 2 aromatic carbocycles. The summed E-state index contributed by atoms with van der Waals surface area (Å²) in [6, 6.07) is 13.3. The highest BCUT2D eigenvalue weighted by Gasteiger charge is 2.29. The lowest BCUT2D eigenvalue weighted by Gasteiger charge is -2.25. The fourth-order valence-electron chi connectivity index (χ4n) is 3.01. The molecule has 6 nitrogen and oxygen atoms in total. The zero-order chi connectivity index (χ0) is 22.0. The molecule has 31 heavy (non-hydrogen) atoms. The molecule has 1 amide bonds. The van der Waals surface area contributed by atoms with Crippen molar-refractivity contribution < 1.29 is 13.9 Å². The van der Waals surface area contributed by atoms with Gasteiger partial charge in [0.25, 0.3) is 5.91 Å². The summed E-state index contributed by atoms with van der Waals surface area (Å²) in [5.74, 6) is 0.303. The van der Waals surface area contributed by atoms with Crippen molar-refractivity contribution in [2.75, 3.05) is 6.54 Å². The van der Waals surface area contributed by atoms with Gasteiger partial charge in [-0.25, -0.2) is 8.91 Å². The number of hydrogen-bond donors (Lipinski definition) is 1. The third-order valence-electron chi connectivity index (χ3n) is 4.66. The summed E-state index contributed by atoms with van der Waals surface area (Å²) in [4.78, 5) is 17.7. The van der Waals surface area contributed by atoms with Gasteiger partial charge in [0.15, 0.2) is 11.4 Å². The quantitative estimate of drug-likeness (QED) is 0.433. The molecule has 0 aliphatic heterocycles. The molecule has 4 rings (SSSR count). The van der Waals surface area contributed by atoms with Gasteiger partial charge in [-0.2, -0.15) is 4.98 Å². The number of nitrogens with one attached hydrogen (secondary N) is 1. The van der Waals surface area contributed by atoms with E-state index >= 15 is 0 Å². The predicted octanol–water partition coefficient (Wildman–Crippen LogP) is 4.77. The van der Waals surface area contributed by atoms with E-state index in [0.29, 0.717) is 40.1 Å². The Labute approximate surface area is 187 Å². The molecular weight excluding hydrogens is 439 g/mol. The van der Waals surface area contributed by atoms with Crippen molar-refractivity contribution in [3.63, 3.8) is 0 Å². The first-order chi connectivity index (χ1) is 14.8. The van der Waals surface area contributed by atoms with Gasteiger partial charge in [0.2, 0.25) is 4.96 Å². The van der Waals surface area contributed by atoms with E-state index in [2.05, 4.69) is 15.4 Å². The van der Waals surface area contributed by atoms with E-state index in [0.717, 1.165) is 5.69 Å². The third-order valence-corrected chi connectivity index (χ3v) is 5.78. The number of ether oxygens (including phenoxy) is 1. The van der Waals surface area contributed by atoms with E-state index in [1.54, 1.807) is 60.8 Å². The highest BCUT2D eigenvalue weighted by molar-refractivity contribution is 7.15. The standard InChI is InChI=1S/C22H20ClFN4O2S/c1-22(2,30-16-9-7-14(23)8-10-16)20(29)25-12-11-15-13-31-21-26-19(27-28(15)21)17-5-3-4-6-18(17)24/h3-10,13H,11-12H2,1-2H3,(H,25,29). The summed E-state index contributed by atoms with van der Waals surface area (Å²) in [5, 5.41) is 9.87. The van der Waals surface area contributed by atoms with Crippen molar-refractivity contribution in [3.8, 4) is 17.1 Å². The van der Waals surface area contributed by atoms with Crippen LogP contribution in [0.2, 0.25) is 5.02 Å². The maximum absolute atomic E-state index is 14.0. The molecule has 0 atom stereocenters. The van der Waals surface area contributed by atoms with Crippen molar-refractivity contribution in [1.82, 2.24) is 19.9 Å². The first kappa shape index (κ1) is 21.3. The van der Waals surface area contributed by atoms with Gasteiger partial charge < -0.3 is 10.1 Å². The van der Waals surface area contributed by atoms with Crippen LogP contribution in [0.3, 0.4) is 0 Å². The van der Waals surface area contributed by atoms with Crippen LogP contribution in [0.25, 0.3) is 16.3 Å². The largest absolute Gasteiger partial charge is 0.478 e. The van der Waals surface area contributed by atoms with Crippen LogP contribution < -0.4 is 10.1 Å². The molecule has 0 radical (unpaired) electrons. The summed E-state index contributed by atoms with van der Waals surface area (Å²) in [5.41, 5.74) is 0.189. The first-order valence-corrected chi connectivity index (χ1v) is 10.9. The van der Waals surface area contributed by atoms with Crippen LogP contribution in [0.5, 0.6) is 5.75 Å². The number of carbonyl (C=O) groups excluding carboxylic acids is 1. The number of fused-ring (bicyclic) bond motifs is 1. The second-order valence-electron chi connectivity index (χ2n) is 7.41. The van der Waals surface area contributed by atoms with E-state index in [9.17, 15) is 9.18 Å². The van der Waals surface area contributed by atoms with Crippen LogP contribution in [0, 0.1) is 5.82 Å². The number of carbonyl (C=O) groups is 1. The molecule has 4 aromatic rings. The molecule has 0 bridgehead atoms. The lowest BCUT2D eigenvalue weighted by atomic mass is 10.1. The molecule has 160 valence electrons. The topological polar surface area (TPSA) is 68.5 Å². The third kappa shape index (κ3) is 4.70. The van der Waals surface area contributed by atoms with Gasteiger partial charge in [0, 0.05) is 23.4 Å². The Morgan fingerprint density at radius 3 is 2.71 bits per heavy atom. The molecule has 2 heterocycles. The predicted molar refractivity (Wildman–Crippen MR) is 119 cm³/mol. The number of amides is 1. The number of hydrogen-bond acceptors (Lipinski definition) is 5. The zero-order valence-corrected chi connectivity index (χ0v) is 18.5. The van der Waals surface area contributed by atoms with Crippen molar-refractivity contribution in [3.05, 3.63) is 70.4 Å². The molecule has 0 aliphatic rings. The fourth-order valence-corrected chi connectivity index (χ4v) is 4.00. The Kier molecular flexibility index (Phi) is 5.93.